The number of rotatable bonds is 7. The number of methoxy groups -OCH3 is 1. The van der Waals surface area contributed by atoms with Gasteiger partial charge in [0.05, 0.1) is 13.2 Å². The van der Waals surface area contributed by atoms with Gasteiger partial charge >= 0.3 is 0 Å². The largest absolute Gasteiger partial charge is 0.394 e. The number of aliphatic hydroxyl groups is 3. The molecule has 1 fully saturated rings. The van der Waals surface area contributed by atoms with Gasteiger partial charge in [0.2, 0.25) is 5.91 Å². The molecule has 0 aromatic heterocycles. The minimum Gasteiger partial charge on any atom is -0.394 e. The van der Waals surface area contributed by atoms with Crippen LogP contribution in [0.4, 0.5) is 0 Å². The van der Waals surface area contributed by atoms with Crippen LogP contribution in [0.5, 0.6) is 0 Å². The van der Waals surface area contributed by atoms with Crippen LogP contribution in [0.1, 0.15) is 13.3 Å². The lowest BCUT2D eigenvalue weighted by atomic mass is 9.97. The van der Waals surface area contributed by atoms with E-state index >= 15 is 0 Å². The first-order valence-electron chi connectivity index (χ1n) is 6.51. The fourth-order valence-electron chi connectivity index (χ4n) is 2.02. The highest BCUT2D eigenvalue weighted by atomic mass is 16.7. The molecule has 1 rings (SSSR count). The molecule has 1 amide bonds. The maximum atomic E-state index is 11.2. The maximum absolute atomic E-state index is 11.2. The smallest absolute Gasteiger partial charge is 0.217 e. The quantitative estimate of drug-likeness (QED) is 0.400. The third kappa shape index (κ3) is 4.65. The average molecular weight is 293 g/mol. The fraction of sp³-hybridized carbons (Fsp3) is 0.917. The van der Waals surface area contributed by atoms with Gasteiger partial charge in [-0.1, -0.05) is 0 Å². The molecule has 20 heavy (non-hydrogen) atoms. The summed E-state index contributed by atoms with van der Waals surface area (Å²) >= 11 is 0. The van der Waals surface area contributed by atoms with Crippen molar-refractivity contribution in [2.24, 2.45) is 0 Å². The molecule has 0 aromatic carbocycles. The summed E-state index contributed by atoms with van der Waals surface area (Å²) in [6, 6.07) is -0.896. The zero-order valence-electron chi connectivity index (χ0n) is 11.7. The van der Waals surface area contributed by atoms with Crippen LogP contribution in [0.2, 0.25) is 0 Å². The van der Waals surface area contributed by atoms with Gasteiger partial charge in [0.15, 0.2) is 6.29 Å². The summed E-state index contributed by atoms with van der Waals surface area (Å²) in [5, 5.41) is 31.4. The third-order valence-electron chi connectivity index (χ3n) is 3.03. The second-order valence-corrected chi connectivity index (χ2v) is 4.65. The van der Waals surface area contributed by atoms with Gasteiger partial charge < -0.3 is 34.8 Å². The van der Waals surface area contributed by atoms with Crippen molar-refractivity contribution in [2.45, 2.75) is 44.0 Å². The van der Waals surface area contributed by atoms with E-state index < -0.39 is 37.3 Å². The van der Waals surface area contributed by atoms with E-state index in [0.29, 0.717) is 19.6 Å². The molecule has 5 atom stereocenters. The zero-order chi connectivity index (χ0) is 15.1. The molecule has 0 saturated carbocycles. The molecule has 0 bridgehead atoms. The van der Waals surface area contributed by atoms with Gasteiger partial charge in [0.1, 0.15) is 24.4 Å². The van der Waals surface area contributed by atoms with E-state index in [0.717, 1.165) is 0 Å². The molecule has 118 valence electrons. The van der Waals surface area contributed by atoms with Crippen LogP contribution in [-0.4, -0.2) is 78.8 Å². The monoisotopic (exact) mass is 293 g/mol. The van der Waals surface area contributed by atoms with Crippen LogP contribution in [0.25, 0.3) is 0 Å². The lowest BCUT2D eigenvalue weighted by Gasteiger charge is -2.42. The number of amides is 1. The molecule has 0 aliphatic carbocycles. The van der Waals surface area contributed by atoms with Crippen molar-refractivity contribution in [1.29, 1.82) is 0 Å². The van der Waals surface area contributed by atoms with E-state index in [9.17, 15) is 15.0 Å². The van der Waals surface area contributed by atoms with Crippen LogP contribution in [0.15, 0.2) is 0 Å². The lowest BCUT2D eigenvalue weighted by molar-refractivity contribution is -0.270. The van der Waals surface area contributed by atoms with Crippen molar-refractivity contribution in [3.8, 4) is 0 Å². The number of hydrogen-bond donors (Lipinski definition) is 4. The summed E-state index contributed by atoms with van der Waals surface area (Å²) in [5.41, 5.74) is 0. The van der Waals surface area contributed by atoms with Gasteiger partial charge in [-0.2, -0.15) is 0 Å². The van der Waals surface area contributed by atoms with E-state index in [1.165, 1.54) is 6.92 Å². The van der Waals surface area contributed by atoms with Crippen LogP contribution >= 0.6 is 0 Å². The Balaban J connectivity index is 2.65. The standard InChI is InChI=1S/C12H23NO7/c1-7(15)13-9-11(17)10(16)8(6-14)20-12(9)19-5-3-4-18-2/h8-12,14,16-17H,3-6H2,1-2H3,(H,13,15)/t8-,9-,10-,11-,12-/m1/s1. The number of hydrogen-bond acceptors (Lipinski definition) is 7. The molecule has 1 saturated heterocycles. The molecule has 1 heterocycles. The molecule has 4 N–H and O–H groups in total. The number of aliphatic hydroxyl groups excluding tert-OH is 3. The van der Waals surface area contributed by atoms with Crippen molar-refractivity contribution in [1.82, 2.24) is 5.32 Å². The first-order valence-corrected chi connectivity index (χ1v) is 6.51. The predicted octanol–water partition coefficient (Wildman–Crippen LogP) is -2.02. The lowest BCUT2D eigenvalue weighted by Crippen LogP contribution is -2.64. The van der Waals surface area contributed by atoms with Crippen molar-refractivity contribution < 1.29 is 34.3 Å². The van der Waals surface area contributed by atoms with Crippen LogP contribution in [0.3, 0.4) is 0 Å². The molecule has 0 spiro atoms. The van der Waals surface area contributed by atoms with E-state index in [2.05, 4.69) is 5.32 Å². The normalized spacial score (nSPS) is 34.0. The van der Waals surface area contributed by atoms with Gasteiger partial charge in [-0.3, -0.25) is 4.79 Å². The van der Waals surface area contributed by atoms with E-state index in [1.54, 1.807) is 7.11 Å². The number of nitrogens with one attached hydrogen (secondary N) is 1. The van der Waals surface area contributed by atoms with Gasteiger partial charge in [0.25, 0.3) is 0 Å². The molecule has 1 aliphatic heterocycles. The SMILES string of the molecule is COCCCO[C@@H]1O[C@H](CO)[C@@H](O)[C@H](O)[C@H]1NC(C)=O. The second-order valence-electron chi connectivity index (χ2n) is 4.65. The Morgan fingerprint density at radius 3 is 2.55 bits per heavy atom. The maximum Gasteiger partial charge on any atom is 0.217 e. The van der Waals surface area contributed by atoms with Crippen molar-refractivity contribution in [2.75, 3.05) is 26.9 Å². The highest BCUT2D eigenvalue weighted by Crippen LogP contribution is 2.22. The first-order chi connectivity index (χ1) is 9.51. The third-order valence-corrected chi connectivity index (χ3v) is 3.03. The number of carbonyl (C=O) groups excluding carboxylic acids is 1. The van der Waals surface area contributed by atoms with Crippen molar-refractivity contribution in [3.05, 3.63) is 0 Å². The topological polar surface area (TPSA) is 117 Å². The van der Waals surface area contributed by atoms with E-state index in [1.807, 2.05) is 0 Å². The minimum absolute atomic E-state index is 0.301. The Labute approximate surface area is 117 Å². The molecule has 8 nitrogen and oxygen atoms in total. The molecule has 1 aliphatic rings. The minimum atomic E-state index is -1.30. The average Bonchev–Trinajstić information content (AvgIpc) is 2.41. The molecule has 0 unspecified atom stereocenters. The summed E-state index contributed by atoms with van der Waals surface area (Å²) in [5.74, 6) is -0.377. The summed E-state index contributed by atoms with van der Waals surface area (Å²) < 4.78 is 15.7. The van der Waals surface area contributed by atoms with Crippen LogP contribution < -0.4 is 5.32 Å². The van der Waals surface area contributed by atoms with Crippen LogP contribution in [-0.2, 0) is 19.0 Å². The predicted molar refractivity (Wildman–Crippen MR) is 67.8 cm³/mol. The molecule has 8 heteroatoms. The van der Waals surface area contributed by atoms with Gasteiger partial charge in [-0.25, -0.2) is 0 Å². The van der Waals surface area contributed by atoms with Crippen molar-refractivity contribution in [3.63, 3.8) is 0 Å². The van der Waals surface area contributed by atoms with Crippen LogP contribution in [0, 0.1) is 0 Å². The highest BCUT2D eigenvalue weighted by molar-refractivity contribution is 5.73. The Bertz CT molecular complexity index is 302. The summed E-state index contributed by atoms with van der Waals surface area (Å²) in [7, 11) is 1.57. The Kier molecular flexibility index (Phi) is 7.35. The van der Waals surface area contributed by atoms with Gasteiger partial charge in [-0.05, 0) is 6.42 Å². The summed E-state index contributed by atoms with van der Waals surface area (Å²) in [6.07, 6.45) is -3.85. The molecular formula is C12H23NO7. The van der Waals surface area contributed by atoms with E-state index in [-0.39, 0.29) is 5.91 Å². The number of ether oxygens (including phenoxy) is 3. The Morgan fingerprint density at radius 2 is 2.00 bits per heavy atom. The second kappa shape index (κ2) is 8.50. The van der Waals surface area contributed by atoms with Gasteiger partial charge in [0, 0.05) is 20.6 Å². The first kappa shape index (κ1) is 17.3. The van der Waals surface area contributed by atoms with E-state index in [4.69, 9.17) is 19.3 Å². The van der Waals surface area contributed by atoms with Crippen molar-refractivity contribution >= 4 is 5.91 Å². The molecule has 0 radical (unpaired) electrons. The molecule has 0 aromatic rings. The Morgan fingerprint density at radius 1 is 1.30 bits per heavy atom. The zero-order valence-corrected chi connectivity index (χ0v) is 11.7. The fourth-order valence-corrected chi connectivity index (χ4v) is 2.02. The summed E-state index contributed by atoms with van der Waals surface area (Å²) in [4.78, 5) is 11.2. The Hall–Kier alpha value is -0.770. The summed E-state index contributed by atoms with van der Waals surface area (Å²) in [6.45, 7) is 1.64. The molecular weight excluding hydrogens is 270 g/mol. The number of carbonyl (C=O) groups is 1. The highest BCUT2D eigenvalue weighted by Gasteiger charge is 2.45. The van der Waals surface area contributed by atoms with Gasteiger partial charge in [-0.15, -0.1) is 0 Å².